The summed E-state index contributed by atoms with van der Waals surface area (Å²) in [6.45, 7) is 0. The Morgan fingerprint density at radius 1 is 0.816 bits per heavy atom. The van der Waals surface area contributed by atoms with Crippen molar-refractivity contribution < 1.29 is 9.90 Å². The van der Waals surface area contributed by atoms with E-state index in [9.17, 15) is 14.7 Å². The number of hydrogen-bond acceptors (Lipinski definition) is 4. The van der Waals surface area contributed by atoms with Crippen LogP contribution in [0.4, 0.5) is 11.4 Å². The Kier molecular flexibility index (Phi) is 7.18. The topological polar surface area (TPSA) is 62.5 Å². The highest BCUT2D eigenvalue weighted by atomic mass is 16.3. The second-order valence-electron chi connectivity index (χ2n) is 9.07. The Hall–Kier alpha value is -4.90. The van der Waals surface area contributed by atoms with E-state index < -0.39 is 11.3 Å². The van der Waals surface area contributed by atoms with Gasteiger partial charge in [-0.05, 0) is 54.5 Å². The highest BCUT2D eigenvalue weighted by molar-refractivity contribution is 6.09. The monoisotopic (exact) mass is 500 g/mol. The van der Waals surface area contributed by atoms with Gasteiger partial charge in [0.2, 0.25) is 0 Å². The Labute approximate surface area is 221 Å². The minimum Gasteiger partial charge on any atom is -0.506 e. The smallest absolute Gasteiger partial charge is 0.265 e. The number of hydrogen-bond donors (Lipinski definition) is 1. The summed E-state index contributed by atoms with van der Waals surface area (Å²) in [5.74, 6) is -0.806. The molecule has 1 N–H and O–H groups in total. The van der Waals surface area contributed by atoms with Crippen LogP contribution in [0, 0.1) is 0 Å². The summed E-state index contributed by atoms with van der Waals surface area (Å²) in [6.07, 6.45) is 3.68. The van der Waals surface area contributed by atoms with Crippen LogP contribution in [0.5, 0.6) is 5.75 Å². The van der Waals surface area contributed by atoms with Crippen LogP contribution in [0.2, 0.25) is 0 Å². The molecule has 38 heavy (non-hydrogen) atoms. The van der Waals surface area contributed by atoms with E-state index in [2.05, 4.69) is 41.3 Å². The highest BCUT2D eigenvalue weighted by Gasteiger charge is 2.23. The number of benzene rings is 4. The van der Waals surface area contributed by atoms with Gasteiger partial charge in [0.25, 0.3) is 5.56 Å². The Bertz CT molecular complexity index is 1600. The van der Waals surface area contributed by atoms with Gasteiger partial charge in [-0.2, -0.15) is 0 Å². The second kappa shape index (κ2) is 11.0. The van der Waals surface area contributed by atoms with E-state index in [0.717, 1.165) is 16.9 Å². The van der Waals surface area contributed by atoms with Crippen molar-refractivity contribution in [3.63, 3.8) is 0 Å². The lowest BCUT2D eigenvalue weighted by molar-refractivity contribution is 0.104. The first-order chi connectivity index (χ1) is 18.6. The van der Waals surface area contributed by atoms with Crippen molar-refractivity contribution in [2.45, 2.75) is 12.5 Å². The molecular weight excluding hydrogens is 472 g/mol. The molecule has 5 aromatic rings. The molecule has 0 unspecified atom stereocenters. The molecule has 0 saturated carbocycles. The fourth-order valence-corrected chi connectivity index (χ4v) is 4.84. The minimum atomic E-state index is -0.523. The SMILES string of the molecule is Cn1c(=O)c(C(=O)C=CC[C@@H](c2ccccc2)N(c2ccccc2)c2ccccc2)c(O)c2ccccc21. The van der Waals surface area contributed by atoms with E-state index in [-0.39, 0.29) is 17.4 Å². The summed E-state index contributed by atoms with van der Waals surface area (Å²) in [7, 11) is 1.60. The molecule has 0 spiro atoms. The molecule has 0 radical (unpaired) electrons. The molecule has 0 amide bonds. The van der Waals surface area contributed by atoms with Crippen LogP contribution in [-0.4, -0.2) is 15.5 Å². The van der Waals surface area contributed by atoms with Crippen molar-refractivity contribution in [2.75, 3.05) is 4.90 Å². The number of nitrogens with zero attached hydrogens (tertiary/aromatic N) is 2. The number of aromatic nitrogens is 1. The maximum atomic E-state index is 13.2. The first-order valence-corrected chi connectivity index (χ1v) is 12.5. The van der Waals surface area contributed by atoms with Gasteiger partial charge in [0.1, 0.15) is 11.3 Å². The predicted molar refractivity (Wildman–Crippen MR) is 153 cm³/mol. The molecule has 188 valence electrons. The number of aromatic hydroxyl groups is 1. The zero-order chi connectivity index (χ0) is 26.5. The summed E-state index contributed by atoms with van der Waals surface area (Å²) in [5, 5.41) is 11.3. The number of para-hydroxylation sites is 3. The van der Waals surface area contributed by atoms with Crippen molar-refractivity contribution in [1.82, 2.24) is 4.57 Å². The number of carbonyl (C=O) groups is 1. The van der Waals surface area contributed by atoms with E-state index in [1.165, 1.54) is 10.6 Å². The molecule has 0 aliphatic heterocycles. The van der Waals surface area contributed by atoms with Crippen LogP contribution in [0.3, 0.4) is 0 Å². The quantitative estimate of drug-likeness (QED) is 0.185. The maximum absolute atomic E-state index is 13.2. The molecule has 1 aromatic heterocycles. The lowest BCUT2D eigenvalue weighted by Crippen LogP contribution is -2.24. The minimum absolute atomic E-state index is 0.127. The molecule has 0 aliphatic carbocycles. The van der Waals surface area contributed by atoms with Crippen molar-refractivity contribution >= 4 is 28.1 Å². The number of pyridine rings is 1. The lowest BCUT2D eigenvalue weighted by Gasteiger charge is -2.34. The number of ketones is 1. The predicted octanol–water partition coefficient (Wildman–Crippen LogP) is 6.95. The van der Waals surface area contributed by atoms with Gasteiger partial charge in [-0.3, -0.25) is 9.59 Å². The highest BCUT2D eigenvalue weighted by Crippen LogP contribution is 2.37. The number of anilines is 2. The fraction of sp³-hybridized carbons (Fsp3) is 0.0909. The zero-order valence-electron chi connectivity index (χ0n) is 21.1. The van der Waals surface area contributed by atoms with Gasteiger partial charge >= 0.3 is 0 Å². The Balaban J connectivity index is 1.53. The van der Waals surface area contributed by atoms with Gasteiger partial charge in [-0.15, -0.1) is 0 Å². The third-order valence-corrected chi connectivity index (χ3v) is 6.72. The average molecular weight is 501 g/mol. The molecule has 5 heteroatoms. The molecule has 1 atom stereocenters. The van der Waals surface area contributed by atoms with Gasteiger partial charge in [0.15, 0.2) is 5.78 Å². The van der Waals surface area contributed by atoms with Gasteiger partial charge in [0, 0.05) is 23.8 Å². The van der Waals surface area contributed by atoms with Crippen LogP contribution in [0.1, 0.15) is 28.4 Å². The standard InChI is InChI=1S/C33H28N2O3/c1-34-29-21-12-11-20-27(29)32(37)31(33(34)38)30(36)23-13-22-28(24-14-5-2-6-15-24)35(25-16-7-3-8-17-25)26-18-9-4-10-19-26/h2-21,23,28,37H,22H2,1H3/t28-/m0/s1. The molecular formula is C33H28N2O3. The number of allylic oxidation sites excluding steroid dienone is 1. The molecule has 1 heterocycles. The third kappa shape index (κ3) is 4.87. The number of aryl methyl sites for hydroxylation is 1. The first-order valence-electron chi connectivity index (χ1n) is 12.5. The summed E-state index contributed by atoms with van der Waals surface area (Å²) in [4.78, 5) is 28.5. The summed E-state index contributed by atoms with van der Waals surface area (Å²) in [6, 6.07) is 37.3. The number of fused-ring (bicyclic) bond motifs is 1. The molecule has 0 saturated heterocycles. The number of rotatable bonds is 8. The van der Waals surface area contributed by atoms with Crippen LogP contribution in [-0.2, 0) is 7.05 Å². The largest absolute Gasteiger partial charge is 0.506 e. The lowest BCUT2D eigenvalue weighted by atomic mass is 9.99. The van der Waals surface area contributed by atoms with E-state index in [1.807, 2.05) is 54.6 Å². The van der Waals surface area contributed by atoms with Gasteiger partial charge < -0.3 is 14.6 Å². The normalized spacial score (nSPS) is 12.0. The summed E-state index contributed by atoms with van der Waals surface area (Å²) < 4.78 is 1.40. The van der Waals surface area contributed by atoms with Gasteiger partial charge in [-0.1, -0.05) is 84.9 Å². The van der Waals surface area contributed by atoms with E-state index >= 15 is 0 Å². The third-order valence-electron chi connectivity index (χ3n) is 6.72. The average Bonchev–Trinajstić information content (AvgIpc) is 2.97. The molecule has 4 aromatic carbocycles. The molecule has 5 nitrogen and oxygen atoms in total. The zero-order valence-corrected chi connectivity index (χ0v) is 21.1. The molecule has 0 bridgehead atoms. The van der Waals surface area contributed by atoms with Crippen LogP contribution >= 0.6 is 0 Å². The maximum Gasteiger partial charge on any atom is 0.265 e. The number of carbonyl (C=O) groups excluding carboxylic acids is 1. The van der Waals surface area contributed by atoms with Gasteiger partial charge in [-0.25, -0.2) is 0 Å². The molecule has 0 aliphatic rings. The van der Waals surface area contributed by atoms with Crippen molar-refractivity contribution in [3.8, 4) is 5.75 Å². The van der Waals surface area contributed by atoms with E-state index in [1.54, 1.807) is 37.4 Å². The second-order valence-corrected chi connectivity index (χ2v) is 9.07. The summed E-state index contributed by atoms with van der Waals surface area (Å²) in [5.41, 5.74) is 2.96. The Morgan fingerprint density at radius 2 is 1.34 bits per heavy atom. The van der Waals surface area contributed by atoms with E-state index in [4.69, 9.17) is 0 Å². The fourth-order valence-electron chi connectivity index (χ4n) is 4.84. The first kappa shape index (κ1) is 24.8. The van der Waals surface area contributed by atoms with Crippen LogP contribution < -0.4 is 10.5 Å². The van der Waals surface area contributed by atoms with Crippen LogP contribution in [0.25, 0.3) is 10.9 Å². The van der Waals surface area contributed by atoms with Crippen molar-refractivity contribution in [2.24, 2.45) is 7.05 Å². The molecule has 5 rings (SSSR count). The van der Waals surface area contributed by atoms with Crippen molar-refractivity contribution in [1.29, 1.82) is 0 Å². The summed E-state index contributed by atoms with van der Waals surface area (Å²) >= 11 is 0. The molecule has 0 fully saturated rings. The Morgan fingerprint density at radius 3 is 1.95 bits per heavy atom. The van der Waals surface area contributed by atoms with E-state index in [0.29, 0.717) is 17.3 Å². The van der Waals surface area contributed by atoms with Gasteiger partial charge in [0.05, 0.1) is 11.6 Å². The van der Waals surface area contributed by atoms with Crippen LogP contribution in [0.15, 0.2) is 132 Å². The van der Waals surface area contributed by atoms with Crippen molar-refractivity contribution in [3.05, 3.63) is 149 Å².